The van der Waals surface area contributed by atoms with Gasteiger partial charge in [-0.05, 0) is 54.0 Å². The average molecular weight is 392 g/mol. The lowest BCUT2D eigenvalue weighted by molar-refractivity contribution is 0.0773. The molecule has 0 radical (unpaired) electrons. The Balaban J connectivity index is 1.45. The van der Waals surface area contributed by atoms with Gasteiger partial charge in [0.05, 0.1) is 5.02 Å². The molecule has 4 rings (SSSR count). The minimum absolute atomic E-state index is 0.0427. The van der Waals surface area contributed by atoms with Crippen molar-refractivity contribution in [1.29, 1.82) is 0 Å². The van der Waals surface area contributed by atoms with Crippen LogP contribution in [0.4, 0.5) is 0 Å². The number of ether oxygens (including phenoxy) is 1. The van der Waals surface area contributed by atoms with Gasteiger partial charge in [0.15, 0.2) is 0 Å². The van der Waals surface area contributed by atoms with Crippen molar-refractivity contribution in [3.63, 3.8) is 0 Å². The van der Waals surface area contributed by atoms with E-state index in [9.17, 15) is 4.79 Å². The number of halogens is 1. The zero-order valence-corrected chi connectivity index (χ0v) is 15.8. The summed E-state index contributed by atoms with van der Waals surface area (Å²) in [6, 6.07) is 12.6. The molecule has 3 heterocycles. The molecule has 0 saturated heterocycles. The predicted octanol–water partition coefficient (Wildman–Crippen LogP) is 4.85. The second-order valence-electron chi connectivity index (χ2n) is 6.40. The molecule has 2 aromatic heterocycles. The highest BCUT2D eigenvalue weighted by Crippen LogP contribution is 2.30. The number of benzene rings is 1. The molecular weight excluding hydrogens is 374 g/mol. The molecule has 1 amide bonds. The third-order valence-electron chi connectivity index (χ3n) is 4.59. The molecule has 1 aliphatic rings. The number of amides is 1. The topological polar surface area (TPSA) is 55.3 Å². The molecule has 5 nitrogen and oxygen atoms in total. The maximum atomic E-state index is 12.8. The Hall–Kier alpha value is -3.18. The van der Waals surface area contributed by atoms with Gasteiger partial charge in [0, 0.05) is 43.4 Å². The molecule has 1 aromatic carbocycles. The highest BCUT2D eigenvalue weighted by Gasteiger charge is 2.20. The smallest absolute Gasteiger partial charge is 0.254 e. The van der Waals surface area contributed by atoms with Crippen LogP contribution < -0.4 is 4.74 Å². The van der Waals surface area contributed by atoms with Crippen molar-refractivity contribution in [1.82, 2.24) is 14.9 Å². The summed E-state index contributed by atoms with van der Waals surface area (Å²) in [5.41, 5.74) is 2.87. The molecule has 140 valence electrons. The van der Waals surface area contributed by atoms with E-state index in [-0.39, 0.29) is 5.91 Å². The summed E-state index contributed by atoms with van der Waals surface area (Å²) < 4.78 is 5.74. The standard InChI is InChI=1S/C22H18ClN3O2/c23-20-14-17(3-4-21(20)28-19-5-10-24-11-6-19)22(27)26-12-7-16(8-13-26)18-2-1-9-25-15-18/h1-7,9-11,14-15H,8,12-13H2. The van der Waals surface area contributed by atoms with Gasteiger partial charge in [-0.25, -0.2) is 0 Å². The first kappa shape index (κ1) is 18.2. The summed E-state index contributed by atoms with van der Waals surface area (Å²) in [5, 5.41) is 0.395. The van der Waals surface area contributed by atoms with E-state index in [1.165, 1.54) is 5.57 Å². The summed E-state index contributed by atoms with van der Waals surface area (Å²) in [6.07, 6.45) is 9.78. The molecule has 28 heavy (non-hydrogen) atoms. The first-order chi connectivity index (χ1) is 13.7. The second-order valence-corrected chi connectivity index (χ2v) is 6.81. The molecule has 0 atom stereocenters. The quantitative estimate of drug-likeness (QED) is 0.637. The van der Waals surface area contributed by atoms with Gasteiger partial charge in [-0.3, -0.25) is 14.8 Å². The number of aromatic nitrogens is 2. The minimum Gasteiger partial charge on any atom is -0.456 e. The third-order valence-corrected chi connectivity index (χ3v) is 4.88. The third kappa shape index (κ3) is 4.05. The Morgan fingerprint density at radius 3 is 2.61 bits per heavy atom. The van der Waals surface area contributed by atoms with Gasteiger partial charge < -0.3 is 9.64 Å². The molecule has 6 heteroatoms. The Morgan fingerprint density at radius 1 is 1.07 bits per heavy atom. The van der Waals surface area contributed by atoms with Crippen LogP contribution in [-0.4, -0.2) is 33.9 Å². The van der Waals surface area contributed by atoms with Crippen molar-refractivity contribution in [3.05, 3.63) is 89.5 Å². The molecule has 1 aliphatic heterocycles. The van der Waals surface area contributed by atoms with Crippen LogP contribution in [0.2, 0.25) is 5.02 Å². The van der Waals surface area contributed by atoms with Crippen molar-refractivity contribution < 1.29 is 9.53 Å². The zero-order chi connectivity index (χ0) is 19.3. The Morgan fingerprint density at radius 2 is 1.93 bits per heavy atom. The fraction of sp³-hybridized carbons (Fsp3) is 0.136. The number of hydrogen-bond donors (Lipinski definition) is 0. The van der Waals surface area contributed by atoms with Gasteiger partial charge in [-0.15, -0.1) is 0 Å². The number of nitrogens with zero attached hydrogens (tertiary/aromatic N) is 3. The van der Waals surface area contributed by atoms with Gasteiger partial charge in [-0.1, -0.05) is 23.7 Å². The lowest BCUT2D eigenvalue weighted by Gasteiger charge is -2.27. The van der Waals surface area contributed by atoms with E-state index in [4.69, 9.17) is 16.3 Å². The van der Waals surface area contributed by atoms with Gasteiger partial charge >= 0.3 is 0 Å². The number of carbonyl (C=O) groups excluding carboxylic acids is 1. The molecule has 0 N–H and O–H groups in total. The molecular formula is C22H18ClN3O2. The van der Waals surface area contributed by atoms with E-state index in [0.29, 0.717) is 35.2 Å². The maximum Gasteiger partial charge on any atom is 0.254 e. The molecule has 0 unspecified atom stereocenters. The summed E-state index contributed by atoms with van der Waals surface area (Å²) in [7, 11) is 0. The summed E-state index contributed by atoms with van der Waals surface area (Å²) in [6.45, 7) is 1.22. The van der Waals surface area contributed by atoms with Crippen molar-refractivity contribution in [3.8, 4) is 11.5 Å². The normalized spacial score (nSPS) is 13.8. The maximum absolute atomic E-state index is 12.8. The molecule has 0 bridgehead atoms. The van der Waals surface area contributed by atoms with Crippen LogP contribution in [0.15, 0.2) is 73.3 Å². The predicted molar refractivity (Wildman–Crippen MR) is 108 cm³/mol. The van der Waals surface area contributed by atoms with Crippen LogP contribution in [0.3, 0.4) is 0 Å². The van der Waals surface area contributed by atoms with Gasteiger partial charge in [-0.2, -0.15) is 0 Å². The van der Waals surface area contributed by atoms with E-state index in [1.54, 1.807) is 48.9 Å². The molecule has 0 aliphatic carbocycles. The van der Waals surface area contributed by atoms with E-state index in [2.05, 4.69) is 16.0 Å². The monoisotopic (exact) mass is 391 g/mol. The van der Waals surface area contributed by atoms with Crippen molar-refractivity contribution in [2.75, 3.05) is 13.1 Å². The van der Waals surface area contributed by atoms with E-state index >= 15 is 0 Å². The van der Waals surface area contributed by atoms with Gasteiger partial charge in [0.1, 0.15) is 11.5 Å². The van der Waals surface area contributed by atoms with Crippen LogP contribution in [0.5, 0.6) is 11.5 Å². The van der Waals surface area contributed by atoms with Crippen LogP contribution in [0.1, 0.15) is 22.3 Å². The molecule has 0 saturated carbocycles. The van der Waals surface area contributed by atoms with Crippen LogP contribution in [-0.2, 0) is 0 Å². The van der Waals surface area contributed by atoms with Crippen LogP contribution in [0, 0.1) is 0 Å². The summed E-state index contributed by atoms with van der Waals surface area (Å²) in [5.74, 6) is 1.10. The summed E-state index contributed by atoms with van der Waals surface area (Å²) in [4.78, 5) is 22.8. The fourth-order valence-electron chi connectivity index (χ4n) is 3.10. The van der Waals surface area contributed by atoms with Gasteiger partial charge in [0.25, 0.3) is 5.91 Å². The van der Waals surface area contributed by atoms with Crippen molar-refractivity contribution in [2.24, 2.45) is 0 Å². The van der Waals surface area contributed by atoms with Crippen LogP contribution >= 0.6 is 11.6 Å². The van der Waals surface area contributed by atoms with E-state index < -0.39 is 0 Å². The summed E-state index contributed by atoms with van der Waals surface area (Å²) >= 11 is 6.34. The first-order valence-electron chi connectivity index (χ1n) is 8.97. The zero-order valence-electron chi connectivity index (χ0n) is 15.1. The number of hydrogen-bond acceptors (Lipinski definition) is 4. The lowest BCUT2D eigenvalue weighted by Crippen LogP contribution is -2.34. The molecule has 0 fully saturated rings. The fourth-order valence-corrected chi connectivity index (χ4v) is 3.32. The first-order valence-corrected chi connectivity index (χ1v) is 9.34. The number of pyridine rings is 2. The van der Waals surface area contributed by atoms with Gasteiger partial charge in [0.2, 0.25) is 0 Å². The largest absolute Gasteiger partial charge is 0.456 e. The average Bonchev–Trinajstić information content (AvgIpc) is 2.76. The Kier molecular flexibility index (Phi) is 5.35. The second kappa shape index (κ2) is 8.23. The Bertz CT molecular complexity index is 1010. The van der Waals surface area contributed by atoms with E-state index in [1.807, 2.05) is 23.2 Å². The molecule has 0 spiro atoms. The number of carbonyl (C=O) groups is 1. The Labute approximate surface area is 168 Å². The minimum atomic E-state index is -0.0427. The van der Waals surface area contributed by atoms with Crippen molar-refractivity contribution >= 4 is 23.1 Å². The SMILES string of the molecule is O=C(c1ccc(Oc2ccncc2)c(Cl)c1)N1CC=C(c2cccnc2)CC1. The molecule has 3 aromatic rings. The highest BCUT2D eigenvalue weighted by atomic mass is 35.5. The van der Waals surface area contributed by atoms with Crippen LogP contribution in [0.25, 0.3) is 5.57 Å². The number of rotatable bonds is 4. The highest BCUT2D eigenvalue weighted by molar-refractivity contribution is 6.32. The lowest BCUT2D eigenvalue weighted by atomic mass is 10.0. The van der Waals surface area contributed by atoms with E-state index in [0.717, 1.165) is 12.0 Å². The van der Waals surface area contributed by atoms with Crippen molar-refractivity contribution in [2.45, 2.75) is 6.42 Å².